The first-order chi connectivity index (χ1) is 10.2. The van der Waals surface area contributed by atoms with Crippen molar-refractivity contribution < 1.29 is 9.95 Å². The molecule has 3 rings (SSSR count). The summed E-state index contributed by atoms with van der Waals surface area (Å²) in [6, 6.07) is 15.3. The third-order valence-corrected chi connectivity index (χ3v) is 3.63. The molecular weight excluding hydrogens is 296 g/mol. The molecule has 0 amide bonds. The van der Waals surface area contributed by atoms with Crippen molar-refractivity contribution in [3.8, 4) is 0 Å². The van der Waals surface area contributed by atoms with E-state index in [0.29, 0.717) is 16.6 Å². The Balaban J connectivity index is 0.00000176. The van der Waals surface area contributed by atoms with Gasteiger partial charge in [-0.3, -0.25) is 10.2 Å². The molecule has 6 heteroatoms. The highest BCUT2D eigenvalue weighted by atomic mass is 35.5. The van der Waals surface area contributed by atoms with Crippen LogP contribution < -0.4 is 5.32 Å². The first-order valence-electron chi connectivity index (χ1n) is 6.60. The van der Waals surface area contributed by atoms with Gasteiger partial charge < -0.3 is 13.7 Å². The topological polar surface area (TPSA) is 47.6 Å². The van der Waals surface area contributed by atoms with Crippen LogP contribution in [0, 0.1) is 0 Å². The molecule has 0 bridgehead atoms. The number of aliphatic imine (C=N–C) groups is 1. The number of amidine groups is 1. The number of anilines is 1. The van der Waals surface area contributed by atoms with Crippen LogP contribution in [0.1, 0.15) is 11.1 Å². The number of hydrogen-bond donors (Lipinski definition) is 2. The zero-order chi connectivity index (χ0) is 14.8. The summed E-state index contributed by atoms with van der Waals surface area (Å²) in [6.07, 6.45) is 0. The van der Waals surface area contributed by atoms with Crippen molar-refractivity contribution in [3.63, 3.8) is 0 Å². The molecule has 110 valence electrons. The van der Waals surface area contributed by atoms with E-state index in [9.17, 15) is 5.21 Å². The molecule has 0 aliphatic carbocycles. The Kier molecular flexibility index (Phi) is 4.88. The van der Waals surface area contributed by atoms with E-state index in [1.54, 1.807) is 7.05 Å². The van der Waals surface area contributed by atoms with Crippen molar-refractivity contribution >= 4 is 37.2 Å². The summed E-state index contributed by atoms with van der Waals surface area (Å²) >= 11 is 6.13. The Morgan fingerprint density at radius 3 is 2.59 bits per heavy atom. The molecule has 0 fully saturated rings. The van der Waals surface area contributed by atoms with Gasteiger partial charge in [0.15, 0.2) is 5.84 Å². The van der Waals surface area contributed by atoms with Crippen molar-refractivity contribution in [2.45, 2.75) is 0 Å². The molecule has 0 saturated carbocycles. The Morgan fingerprint density at radius 2 is 1.91 bits per heavy atom. The van der Waals surface area contributed by atoms with E-state index in [2.05, 4.69) is 10.3 Å². The molecule has 0 unspecified atom stereocenters. The maximum Gasteiger partial charge on any atom is 0.267 e. The molecule has 0 aromatic heterocycles. The predicted molar refractivity (Wildman–Crippen MR) is 90.8 cm³/mol. The fourth-order valence-corrected chi connectivity index (χ4v) is 2.58. The van der Waals surface area contributed by atoms with Gasteiger partial charge in [0.25, 0.3) is 5.71 Å². The Morgan fingerprint density at radius 1 is 1.18 bits per heavy atom. The molecule has 2 aromatic carbocycles. The van der Waals surface area contributed by atoms with Gasteiger partial charge in [-0.15, -0.1) is 0 Å². The third kappa shape index (κ3) is 2.99. The summed E-state index contributed by atoms with van der Waals surface area (Å²) in [5.74, 6) is 0.687. The van der Waals surface area contributed by atoms with E-state index in [1.165, 1.54) is 4.74 Å². The molecule has 4 nitrogen and oxygen atoms in total. The van der Waals surface area contributed by atoms with Crippen LogP contribution in [0.5, 0.6) is 0 Å². The van der Waals surface area contributed by atoms with Crippen LogP contribution in [0.4, 0.5) is 5.69 Å². The molecule has 1 aliphatic rings. The largest absolute Gasteiger partial charge is 1.00 e. The molecule has 2 N–H and O–H groups in total. The van der Waals surface area contributed by atoms with E-state index >= 15 is 0 Å². The van der Waals surface area contributed by atoms with Gasteiger partial charge in [-0.1, -0.05) is 29.8 Å². The van der Waals surface area contributed by atoms with E-state index < -0.39 is 0 Å². The van der Waals surface area contributed by atoms with Gasteiger partial charge >= 0.3 is 0 Å². The molecule has 1 heterocycles. The number of halogens is 1. The fourth-order valence-electron chi connectivity index (χ4n) is 2.40. The average molecular weight is 312 g/mol. The Labute approximate surface area is 136 Å². The van der Waals surface area contributed by atoms with Crippen molar-refractivity contribution in [3.05, 3.63) is 64.7 Å². The summed E-state index contributed by atoms with van der Waals surface area (Å²) in [5.41, 5.74) is 3.34. The maximum absolute atomic E-state index is 10.5. The molecule has 1 aliphatic heterocycles. The lowest BCUT2D eigenvalue weighted by atomic mass is 10.0. The number of benzene rings is 2. The van der Waals surface area contributed by atoms with Gasteiger partial charge in [-0.2, -0.15) is 0 Å². The minimum atomic E-state index is 0. The highest BCUT2D eigenvalue weighted by Gasteiger charge is 2.28. The van der Waals surface area contributed by atoms with E-state index in [4.69, 9.17) is 11.6 Å². The number of fused-ring (bicyclic) bond motifs is 1. The Hall–Kier alpha value is -2.27. The summed E-state index contributed by atoms with van der Waals surface area (Å²) < 4.78 is 1.20. The van der Waals surface area contributed by atoms with Gasteiger partial charge in [-0.25, -0.2) is 0 Å². The molecule has 0 atom stereocenters. The Bertz CT molecular complexity index is 744. The van der Waals surface area contributed by atoms with Crippen LogP contribution in [0.2, 0.25) is 5.02 Å². The SMILES string of the molecule is CN=C1C[N+](O)=C(c2ccccc2)c2cc(Cl)ccc2N1.[B-]. The van der Waals surface area contributed by atoms with Gasteiger partial charge in [0.1, 0.15) is 0 Å². The number of rotatable bonds is 1. The summed E-state index contributed by atoms with van der Waals surface area (Å²) in [5, 5.41) is 14.3. The van der Waals surface area contributed by atoms with Crippen LogP contribution in [-0.2, 0) is 0 Å². The summed E-state index contributed by atoms with van der Waals surface area (Å²) in [7, 11) is 1.69. The van der Waals surface area contributed by atoms with Crippen molar-refractivity contribution in [1.82, 2.24) is 0 Å². The molecule has 0 spiro atoms. The fraction of sp³-hybridized carbons (Fsp3) is 0.125. The third-order valence-electron chi connectivity index (χ3n) is 3.39. The highest BCUT2D eigenvalue weighted by molar-refractivity contribution is 6.31. The second-order valence-electron chi connectivity index (χ2n) is 4.76. The number of nitrogens with zero attached hydrogens (tertiary/aromatic N) is 2. The molecule has 0 saturated heterocycles. The quantitative estimate of drug-likeness (QED) is 0.483. The number of nitrogens with one attached hydrogen (secondary N) is 1. The zero-order valence-corrected chi connectivity index (χ0v) is 12.9. The van der Waals surface area contributed by atoms with E-state index in [-0.39, 0.29) is 15.0 Å². The van der Waals surface area contributed by atoms with Crippen LogP contribution >= 0.6 is 11.6 Å². The van der Waals surface area contributed by atoms with Crippen molar-refractivity contribution in [1.29, 1.82) is 0 Å². The average Bonchev–Trinajstić information content (AvgIpc) is 2.63. The van der Waals surface area contributed by atoms with E-state index in [1.807, 2.05) is 48.5 Å². The smallest absolute Gasteiger partial charge is 0.267 e. The first kappa shape index (κ1) is 16.1. The van der Waals surface area contributed by atoms with Crippen LogP contribution in [0.25, 0.3) is 0 Å². The van der Waals surface area contributed by atoms with Crippen molar-refractivity contribution in [2.24, 2.45) is 4.99 Å². The number of hydrogen-bond acceptors (Lipinski definition) is 2. The first-order valence-corrected chi connectivity index (χ1v) is 6.98. The maximum atomic E-state index is 10.5. The monoisotopic (exact) mass is 311 g/mol. The number of hydroxylamine groups is 1. The second-order valence-corrected chi connectivity index (χ2v) is 5.19. The highest BCUT2D eigenvalue weighted by Crippen LogP contribution is 2.25. The van der Waals surface area contributed by atoms with Crippen LogP contribution in [0.15, 0.2) is 53.5 Å². The van der Waals surface area contributed by atoms with Crippen LogP contribution in [-0.4, -0.2) is 43.5 Å². The van der Waals surface area contributed by atoms with Crippen LogP contribution in [0.3, 0.4) is 0 Å². The normalized spacial score (nSPS) is 15.6. The summed E-state index contributed by atoms with van der Waals surface area (Å²) in [6.45, 7) is 0.285. The van der Waals surface area contributed by atoms with E-state index in [0.717, 1.165) is 16.8 Å². The van der Waals surface area contributed by atoms with Gasteiger partial charge in [0.05, 0.1) is 16.8 Å². The summed E-state index contributed by atoms with van der Waals surface area (Å²) in [4.78, 5) is 4.16. The molecule has 22 heavy (non-hydrogen) atoms. The van der Waals surface area contributed by atoms with Crippen molar-refractivity contribution in [2.75, 3.05) is 18.9 Å². The number of benzodiazepines with no additional fused rings is 1. The van der Waals surface area contributed by atoms with Gasteiger partial charge in [-0.05, 0) is 35.1 Å². The van der Waals surface area contributed by atoms with Gasteiger partial charge in [0.2, 0.25) is 6.54 Å². The lowest BCUT2D eigenvalue weighted by Gasteiger charge is -2.07. The molecule has 2 aromatic rings. The zero-order valence-electron chi connectivity index (χ0n) is 12.1. The minimum absolute atomic E-state index is 0. The standard InChI is InChI=1S/C16H14ClN3O.B/c1-18-15-10-20(21)16(11-5-3-2-4-6-11)13-9-12(17)7-8-14(13)19-15;/h2-9,21H,10H2,1H3;/q;-1/p+1. The van der Waals surface area contributed by atoms with Gasteiger partial charge in [0, 0.05) is 12.1 Å². The second kappa shape index (κ2) is 6.66. The molecular formula is C16H15BClN3O. The lowest BCUT2D eigenvalue weighted by molar-refractivity contribution is -0.764. The minimum Gasteiger partial charge on any atom is -1.00 e. The predicted octanol–water partition coefficient (Wildman–Crippen LogP) is 2.65. The molecule has 4 radical (unpaired) electrons. The lowest BCUT2D eigenvalue weighted by Crippen LogP contribution is -2.25.